The Labute approximate surface area is 137 Å². The fourth-order valence-corrected chi connectivity index (χ4v) is 2.40. The van der Waals surface area contributed by atoms with E-state index in [4.69, 9.17) is 20.5 Å². The van der Waals surface area contributed by atoms with Gasteiger partial charge in [-0.1, -0.05) is 25.7 Å². The largest absolute Gasteiger partial charge is 0.462 e. The van der Waals surface area contributed by atoms with Crippen LogP contribution in [0.4, 0.5) is 4.39 Å². The zero-order valence-corrected chi connectivity index (χ0v) is 14.8. The normalized spacial score (nSPS) is 12.5. The van der Waals surface area contributed by atoms with Crippen LogP contribution in [0.3, 0.4) is 0 Å². The van der Waals surface area contributed by atoms with Crippen molar-refractivity contribution in [3.05, 3.63) is 35.1 Å². The Hall–Kier alpha value is -1.75. The Morgan fingerprint density at radius 3 is 2.74 bits per heavy atom. The zero-order chi connectivity index (χ0) is 17.5. The second-order valence-corrected chi connectivity index (χ2v) is 12.1. The van der Waals surface area contributed by atoms with Gasteiger partial charge < -0.3 is 15.2 Å². The molecule has 1 aromatic rings. The summed E-state index contributed by atoms with van der Waals surface area (Å²) in [7, 11) is -1.31. The summed E-state index contributed by atoms with van der Waals surface area (Å²) in [6.07, 6.45) is 0. The molecule has 7 heteroatoms. The lowest BCUT2D eigenvalue weighted by Crippen LogP contribution is -2.24. The van der Waals surface area contributed by atoms with E-state index < -0.39 is 25.9 Å². The highest BCUT2D eigenvalue weighted by Crippen LogP contribution is 2.14. The number of esters is 1. The number of nitrogens with zero attached hydrogens (tertiary/aromatic N) is 1. The lowest BCUT2D eigenvalue weighted by Gasteiger charge is -2.15. The summed E-state index contributed by atoms with van der Waals surface area (Å²) in [4.78, 5) is 12.0. The Morgan fingerprint density at radius 1 is 1.43 bits per heavy atom. The van der Waals surface area contributed by atoms with Crippen molar-refractivity contribution in [3.63, 3.8) is 0 Å². The Kier molecular flexibility index (Phi) is 7.36. The summed E-state index contributed by atoms with van der Waals surface area (Å²) in [5.41, 5.74) is 5.93. The van der Waals surface area contributed by atoms with Crippen LogP contribution in [-0.4, -0.2) is 33.3 Å². The number of hydrogen-bond donors (Lipinski definition) is 1. The number of benzene rings is 1. The molecule has 0 saturated heterocycles. The van der Waals surface area contributed by atoms with Gasteiger partial charge in [0.1, 0.15) is 11.9 Å². The minimum atomic E-state index is -1.31. The summed E-state index contributed by atoms with van der Waals surface area (Å²) >= 11 is 0. The van der Waals surface area contributed by atoms with Gasteiger partial charge in [-0.25, -0.2) is 9.18 Å². The van der Waals surface area contributed by atoms with Gasteiger partial charge in [0.2, 0.25) is 0 Å². The number of nitrogens with two attached hydrogens (primary N) is 1. The minimum Gasteiger partial charge on any atom is -0.462 e. The van der Waals surface area contributed by atoms with Crippen LogP contribution in [0.1, 0.15) is 15.9 Å². The Balaban J connectivity index is 2.62. The lowest BCUT2D eigenvalue weighted by atomic mass is 10.1. The van der Waals surface area contributed by atoms with Gasteiger partial charge in [-0.05, 0) is 23.7 Å². The summed E-state index contributed by atoms with van der Waals surface area (Å²) in [5.74, 6) is -1.29. The molecule has 0 amide bonds. The summed E-state index contributed by atoms with van der Waals surface area (Å²) in [6, 6.07) is 6.10. The third-order valence-electron chi connectivity index (χ3n) is 3.07. The van der Waals surface area contributed by atoms with Gasteiger partial charge >= 0.3 is 5.97 Å². The van der Waals surface area contributed by atoms with E-state index in [-0.39, 0.29) is 18.8 Å². The second kappa shape index (κ2) is 8.77. The molecule has 0 fully saturated rings. The van der Waals surface area contributed by atoms with Crippen LogP contribution in [0.5, 0.6) is 0 Å². The van der Waals surface area contributed by atoms with E-state index in [1.807, 2.05) is 6.07 Å². The van der Waals surface area contributed by atoms with Crippen molar-refractivity contribution in [1.29, 1.82) is 5.26 Å². The molecule has 0 saturated carbocycles. The van der Waals surface area contributed by atoms with E-state index in [1.54, 1.807) is 0 Å². The highest BCUT2D eigenvalue weighted by molar-refractivity contribution is 6.76. The Bertz CT molecular complexity index is 582. The Morgan fingerprint density at radius 2 is 2.13 bits per heavy atom. The first kappa shape index (κ1) is 19.3. The average molecular weight is 338 g/mol. The predicted octanol–water partition coefficient (Wildman–Crippen LogP) is 2.69. The van der Waals surface area contributed by atoms with Crippen molar-refractivity contribution in [3.8, 4) is 6.07 Å². The molecule has 0 aromatic heterocycles. The highest BCUT2D eigenvalue weighted by Gasteiger charge is 2.17. The maximum Gasteiger partial charge on any atom is 0.341 e. The first-order chi connectivity index (χ1) is 10.7. The zero-order valence-electron chi connectivity index (χ0n) is 13.8. The molecule has 5 nitrogen and oxygen atoms in total. The summed E-state index contributed by atoms with van der Waals surface area (Å²) in [5, 5.41) is 8.56. The molecule has 0 radical (unpaired) electrons. The van der Waals surface area contributed by atoms with Crippen LogP contribution in [0.2, 0.25) is 25.7 Å². The highest BCUT2D eigenvalue weighted by atomic mass is 28.3. The van der Waals surface area contributed by atoms with E-state index >= 15 is 0 Å². The summed E-state index contributed by atoms with van der Waals surface area (Å²) < 4.78 is 24.2. The number of nitriles is 1. The van der Waals surface area contributed by atoms with E-state index in [2.05, 4.69) is 19.6 Å². The molecule has 1 aromatic carbocycles. The number of hydrogen-bond acceptors (Lipinski definition) is 5. The minimum absolute atomic E-state index is 0.0733. The standard InChI is InChI=1S/C16H23FN2O3Si/c1-23(2,3)7-6-22-16(20)14-8-12(4-5-15(14)17)10-21-11-13(19)9-18/h4-5,8,13H,6-7,10-11,19H2,1-3H3. The van der Waals surface area contributed by atoms with Gasteiger partial charge in [0, 0.05) is 8.07 Å². The molecule has 1 unspecified atom stereocenters. The molecular weight excluding hydrogens is 315 g/mol. The second-order valence-electron chi connectivity index (χ2n) is 6.51. The third kappa shape index (κ3) is 7.37. The predicted molar refractivity (Wildman–Crippen MR) is 88.1 cm³/mol. The maximum absolute atomic E-state index is 13.8. The number of carbonyl (C=O) groups is 1. The molecular formula is C16H23FN2O3Si. The third-order valence-corrected chi connectivity index (χ3v) is 4.77. The maximum atomic E-state index is 13.8. The van der Waals surface area contributed by atoms with E-state index in [1.165, 1.54) is 18.2 Å². The van der Waals surface area contributed by atoms with Crippen molar-refractivity contribution in [2.45, 2.75) is 38.3 Å². The molecule has 1 atom stereocenters. The van der Waals surface area contributed by atoms with E-state index in [0.717, 1.165) is 6.04 Å². The van der Waals surface area contributed by atoms with Gasteiger partial charge in [0.25, 0.3) is 0 Å². The van der Waals surface area contributed by atoms with Gasteiger partial charge in [-0.15, -0.1) is 0 Å². The smallest absolute Gasteiger partial charge is 0.341 e. The number of halogens is 1. The van der Waals surface area contributed by atoms with Crippen LogP contribution in [0.25, 0.3) is 0 Å². The first-order valence-electron chi connectivity index (χ1n) is 7.41. The van der Waals surface area contributed by atoms with Crippen LogP contribution >= 0.6 is 0 Å². The lowest BCUT2D eigenvalue weighted by molar-refractivity contribution is 0.0519. The molecule has 0 aliphatic rings. The first-order valence-corrected chi connectivity index (χ1v) is 11.1. The number of carbonyl (C=O) groups excluding carboxylic acids is 1. The quantitative estimate of drug-likeness (QED) is 0.582. The molecule has 126 valence electrons. The number of ether oxygens (including phenoxy) is 2. The van der Waals surface area contributed by atoms with Crippen LogP contribution < -0.4 is 5.73 Å². The van der Waals surface area contributed by atoms with Crippen LogP contribution in [-0.2, 0) is 16.1 Å². The van der Waals surface area contributed by atoms with E-state index in [9.17, 15) is 9.18 Å². The molecule has 1 rings (SSSR count). The fourth-order valence-electron chi connectivity index (χ4n) is 1.69. The van der Waals surface area contributed by atoms with Crippen LogP contribution in [0.15, 0.2) is 18.2 Å². The van der Waals surface area contributed by atoms with Gasteiger partial charge in [0.05, 0.1) is 31.5 Å². The van der Waals surface area contributed by atoms with Gasteiger partial charge in [0.15, 0.2) is 0 Å². The SMILES string of the molecule is C[Si](C)(C)CCOC(=O)c1cc(COCC(N)C#N)ccc1F. The molecule has 0 aliphatic heterocycles. The molecule has 2 N–H and O–H groups in total. The van der Waals surface area contributed by atoms with Crippen molar-refractivity contribution in [2.24, 2.45) is 5.73 Å². The molecule has 0 bridgehead atoms. The average Bonchev–Trinajstić information content (AvgIpc) is 2.47. The van der Waals surface area contributed by atoms with Crippen molar-refractivity contribution < 1.29 is 18.7 Å². The molecule has 0 heterocycles. The topological polar surface area (TPSA) is 85.3 Å². The molecule has 23 heavy (non-hydrogen) atoms. The van der Waals surface area contributed by atoms with Gasteiger partial charge in [-0.2, -0.15) is 5.26 Å². The van der Waals surface area contributed by atoms with Crippen molar-refractivity contribution in [1.82, 2.24) is 0 Å². The van der Waals surface area contributed by atoms with E-state index in [0.29, 0.717) is 12.2 Å². The fraction of sp³-hybridized carbons (Fsp3) is 0.500. The van der Waals surface area contributed by atoms with Gasteiger partial charge in [-0.3, -0.25) is 0 Å². The van der Waals surface area contributed by atoms with Crippen molar-refractivity contribution in [2.75, 3.05) is 13.2 Å². The van der Waals surface area contributed by atoms with Crippen molar-refractivity contribution >= 4 is 14.0 Å². The number of rotatable bonds is 8. The monoisotopic (exact) mass is 338 g/mol. The van der Waals surface area contributed by atoms with Crippen LogP contribution in [0, 0.1) is 17.1 Å². The molecule has 0 spiro atoms. The molecule has 0 aliphatic carbocycles. The summed E-state index contributed by atoms with van der Waals surface area (Å²) in [6.45, 7) is 7.03.